The van der Waals surface area contributed by atoms with E-state index in [-0.39, 0.29) is 10.9 Å². The summed E-state index contributed by atoms with van der Waals surface area (Å²) in [6.07, 6.45) is 7.12. The fourth-order valence-corrected chi connectivity index (χ4v) is 5.04. The molecule has 0 aliphatic heterocycles. The lowest BCUT2D eigenvalue weighted by Crippen LogP contribution is -2.39. The van der Waals surface area contributed by atoms with E-state index in [9.17, 15) is 8.42 Å². The third-order valence-electron chi connectivity index (χ3n) is 5.13. The second kappa shape index (κ2) is 11.5. The molecule has 0 heterocycles. The first-order valence-corrected chi connectivity index (χ1v) is 12.2. The molecule has 0 saturated carbocycles. The topological polar surface area (TPSA) is 37.4 Å². The molecule has 3 nitrogen and oxygen atoms in total. The van der Waals surface area contributed by atoms with E-state index in [1.807, 2.05) is 32.0 Å². The first-order valence-electron chi connectivity index (χ1n) is 10.4. The van der Waals surface area contributed by atoms with E-state index >= 15 is 0 Å². The van der Waals surface area contributed by atoms with Crippen LogP contribution in [0.1, 0.15) is 58.4 Å². The largest absolute Gasteiger partial charge is 0.243 e. The number of nitrogens with zero attached hydrogens (tertiary/aromatic N) is 1. The Hall–Kier alpha value is -1.62. The second-order valence-electron chi connectivity index (χ2n) is 7.43. The summed E-state index contributed by atoms with van der Waals surface area (Å²) >= 11 is 5.96. The van der Waals surface area contributed by atoms with Crippen LogP contribution < -0.4 is 0 Å². The molecule has 0 aliphatic carbocycles. The fourth-order valence-electron chi connectivity index (χ4n) is 3.21. The van der Waals surface area contributed by atoms with Gasteiger partial charge in [-0.2, -0.15) is 4.31 Å². The minimum atomic E-state index is -3.61. The molecule has 0 saturated heterocycles. The molecule has 2 rings (SSSR count). The Kier molecular flexibility index (Phi) is 9.41. The van der Waals surface area contributed by atoms with Gasteiger partial charge in [0, 0.05) is 17.6 Å². The average molecular weight is 434 g/mol. The molecule has 0 N–H and O–H groups in total. The number of rotatable bonds is 11. The molecule has 2 aromatic carbocycles. The molecule has 0 aliphatic rings. The smallest absolute Gasteiger partial charge is 0.207 e. The van der Waals surface area contributed by atoms with Crippen LogP contribution >= 0.6 is 11.6 Å². The zero-order valence-corrected chi connectivity index (χ0v) is 19.2. The minimum Gasteiger partial charge on any atom is -0.207 e. The molecule has 1 atom stereocenters. The number of halogens is 1. The molecule has 158 valence electrons. The van der Waals surface area contributed by atoms with Gasteiger partial charge >= 0.3 is 0 Å². The number of hydrogen-bond donors (Lipinski definition) is 0. The van der Waals surface area contributed by atoms with Crippen LogP contribution in [0.4, 0.5) is 0 Å². The van der Waals surface area contributed by atoms with Gasteiger partial charge in [-0.1, -0.05) is 80.3 Å². The Morgan fingerprint density at radius 1 is 1.03 bits per heavy atom. The summed E-state index contributed by atoms with van der Waals surface area (Å²) in [4.78, 5) is 0.287. The van der Waals surface area contributed by atoms with Gasteiger partial charge in [0.1, 0.15) is 0 Å². The maximum absolute atomic E-state index is 13.4. The average Bonchev–Trinajstić information content (AvgIpc) is 2.72. The second-order valence-corrected chi connectivity index (χ2v) is 9.76. The van der Waals surface area contributed by atoms with Gasteiger partial charge in [-0.25, -0.2) is 8.42 Å². The van der Waals surface area contributed by atoms with E-state index < -0.39 is 10.0 Å². The lowest BCUT2D eigenvalue weighted by atomic mass is 10.0. The summed E-state index contributed by atoms with van der Waals surface area (Å²) in [7, 11) is -3.61. The van der Waals surface area contributed by atoms with Crippen molar-refractivity contribution in [3.05, 3.63) is 70.8 Å². The molecule has 0 bridgehead atoms. The molecular formula is C24H32ClNO2S. The molecule has 1 unspecified atom stereocenters. The Morgan fingerprint density at radius 3 is 2.28 bits per heavy atom. The van der Waals surface area contributed by atoms with Crippen LogP contribution in [0.25, 0.3) is 6.08 Å². The van der Waals surface area contributed by atoms with Crippen LogP contribution in [-0.2, 0) is 10.0 Å². The van der Waals surface area contributed by atoms with Gasteiger partial charge in [-0.15, -0.1) is 0 Å². The summed E-state index contributed by atoms with van der Waals surface area (Å²) < 4.78 is 28.5. The van der Waals surface area contributed by atoms with E-state index in [2.05, 4.69) is 25.1 Å². The monoisotopic (exact) mass is 433 g/mol. The normalized spacial score (nSPS) is 13.6. The van der Waals surface area contributed by atoms with Crippen molar-refractivity contribution in [3.63, 3.8) is 0 Å². The zero-order chi connectivity index (χ0) is 21.3. The lowest BCUT2D eigenvalue weighted by molar-refractivity contribution is 0.346. The van der Waals surface area contributed by atoms with Gasteiger partial charge in [0.05, 0.1) is 4.90 Å². The number of sulfonamides is 1. The highest BCUT2D eigenvalue weighted by atomic mass is 35.5. The van der Waals surface area contributed by atoms with Gasteiger partial charge < -0.3 is 0 Å². The van der Waals surface area contributed by atoms with Gasteiger partial charge in [0.25, 0.3) is 0 Å². The van der Waals surface area contributed by atoms with Crippen LogP contribution in [-0.4, -0.2) is 25.3 Å². The van der Waals surface area contributed by atoms with E-state index in [4.69, 9.17) is 11.6 Å². The molecule has 0 amide bonds. The molecule has 2 aromatic rings. The maximum Gasteiger partial charge on any atom is 0.243 e. The maximum atomic E-state index is 13.4. The predicted octanol–water partition coefficient (Wildman–Crippen LogP) is 6.79. The molecule has 29 heavy (non-hydrogen) atoms. The van der Waals surface area contributed by atoms with Crippen molar-refractivity contribution in [1.29, 1.82) is 0 Å². The molecule has 0 radical (unpaired) electrons. The van der Waals surface area contributed by atoms with Crippen LogP contribution in [0, 0.1) is 0 Å². The Bertz CT molecular complexity index is 877. The Labute approximate surface area is 181 Å². The van der Waals surface area contributed by atoms with Gasteiger partial charge in [-0.3, -0.25) is 0 Å². The molecule has 0 fully saturated rings. The summed E-state index contributed by atoms with van der Waals surface area (Å²) in [6.45, 7) is 6.57. The highest BCUT2D eigenvalue weighted by Crippen LogP contribution is 2.25. The first-order chi connectivity index (χ1) is 13.9. The summed E-state index contributed by atoms with van der Waals surface area (Å²) in [5, 5.41) is 0.531. The van der Waals surface area contributed by atoms with E-state index in [0.717, 1.165) is 43.2 Å². The van der Waals surface area contributed by atoms with Crippen molar-refractivity contribution < 1.29 is 8.42 Å². The van der Waals surface area contributed by atoms with Crippen molar-refractivity contribution in [2.45, 2.75) is 63.8 Å². The van der Waals surface area contributed by atoms with Gasteiger partial charge in [0.15, 0.2) is 0 Å². The van der Waals surface area contributed by atoms with Crippen LogP contribution in [0.3, 0.4) is 0 Å². The van der Waals surface area contributed by atoms with E-state index in [1.165, 1.54) is 0 Å². The Balaban J connectivity index is 2.37. The third kappa shape index (κ3) is 6.98. The highest BCUT2D eigenvalue weighted by Gasteiger charge is 2.29. The van der Waals surface area contributed by atoms with Crippen LogP contribution in [0.15, 0.2) is 65.1 Å². The van der Waals surface area contributed by atoms with Crippen LogP contribution in [0.2, 0.25) is 5.02 Å². The molecular weight excluding hydrogens is 402 g/mol. The number of benzene rings is 2. The molecule has 0 spiro atoms. The van der Waals surface area contributed by atoms with Crippen LogP contribution in [0.5, 0.6) is 0 Å². The summed E-state index contributed by atoms with van der Waals surface area (Å²) in [5.41, 5.74) is 2.24. The lowest BCUT2D eigenvalue weighted by Gasteiger charge is -2.29. The first kappa shape index (κ1) is 23.7. The van der Waals surface area contributed by atoms with Gasteiger partial charge in [-0.05, 0) is 56.0 Å². The van der Waals surface area contributed by atoms with E-state index in [0.29, 0.717) is 11.6 Å². The Morgan fingerprint density at radius 2 is 1.69 bits per heavy atom. The van der Waals surface area contributed by atoms with Crippen molar-refractivity contribution in [2.75, 3.05) is 6.54 Å². The minimum absolute atomic E-state index is 0.0963. The molecule has 5 heteroatoms. The molecule has 0 aromatic heterocycles. The summed E-state index contributed by atoms with van der Waals surface area (Å²) in [6, 6.07) is 16.5. The SMILES string of the molecule is CCCCC/C(=C/c1ccccc1)CN(C(C)CC)S(=O)(=O)c1ccc(Cl)cc1. The van der Waals surface area contributed by atoms with Crippen molar-refractivity contribution in [1.82, 2.24) is 4.31 Å². The highest BCUT2D eigenvalue weighted by molar-refractivity contribution is 7.89. The van der Waals surface area contributed by atoms with Gasteiger partial charge in [0.2, 0.25) is 10.0 Å². The van der Waals surface area contributed by atoms with Crippen molar-refractivity contribution in [2.24, 2.45) is 0 Å². The predicted molar refractivity (Wildman–Crippen MR) is 124 cm³/mol. The quantitative estimate of drug-likeness (QED) is 0.365. The number of unbranched alkanes of at least 4 members (excludes halogenated alkanes) is 2. The fraction of sp³-hybridized carbons (Fsp3) is 0.417. The van der Waals surface area contributed by atoms with E-state index in [1.54, 1.807) is 28.6 Å². The standard InChI is InChI=1S/C24H32ClNO2S/c1-4-6-8-13-22(18-21-11-9-7-10-12-21)19-26(20(3)5-2)29(27,28)24-16-14-23(25)15-17-24/h7,9-12,14-18,20H,4-6,8,13,19H2,1-3H3/b22-18-. The van der Waals surface area contributed by atoms with Crippen molar-refractivity contribution in [3.8, 4) is 0 Å². The number of hydrogen-bond acceptors (Lipinski definition) is 2. The summed E-state index contributed by atoms with van der Waals surface area (Å²) in [5.74, 6) is 0. The third-order valence-corrected chi connectivity index (χ3v) is 7.36. The van der Waals surface area contributed by atoms with Crippen molar-refractivity contribution >= 4 is 27.7 Å². The zero-order valence-electron chi connectivity index (χ0n) is 17.6.